The van der Waals surface area contributed by atoms with Crippen LogP contribution in [0, 0.1) is 17.8 Å². The van der Waals surface area contributed by atoms with Crippen LogP contribution in [0.4, 0.5) is 0 Å². The second kappa shape index (κ2) is 10.2. The first kappa shape index (κ1) is 23.1. The van der Waals surface area contributed by atoms with Gasteiger partial charge in [0.15, 0.2) is 0 Å². The summed E-state index contributed by atoms with van der Waals surface area (Å²) in [7, 11) is 0. The average molecular weight is 446 g/mol. The van der Waals surface area contributed by atoms with Gasteiger partial charge in [-0.25, -0.2) is 4.68 Å². The Morgan fingerprint density at radius 1 is 1.06 bits per heavy atom. The Hall–Kier alpha value is -3.08. The quantitative estimate of drug-likeness (QED) is 0.426. The number of rotatable bonds is 10. The molecule has 1 aliphatic carbocycles. The van der Waals surface area contributed by atoms with Crippen molar-refractivity contribution >= 4 is 5.91 Å². The SMILES string of the molecule is CC(C)CCOc1ccc(-c2nn(-c3ccccc3)cc2C2CC2C(=O)NCC(C)C)cc1. The number of para-hydroxylation sites is 1. The van der Waals surface area contributed by atoms with Crippen molar-refractivity contribution in [3.8, 4) is 22.7 Å². The number of nitrogens with zero attached hydrogens (tertiary/aromatic N) is 2. The van der Waals surface area contributed by atoms with Gasteiger partial charge in [-0.1, -0.05) is 45.9 Å². The molecule has 1 amide bonds. The van der Waals surface area contributed by atoms with Crippen LogP contribution in [0.1, 0.15) is 52.0 Å². The summed E-state index contributed by atoms with van der Waals surface area (Å²) in [6.45, 7) is 10.1. The molecule has 1 aliphatic rings. The van der Waals surface area contributed by atoms with Crippen LogP contribution in [0.2, 0.25) is 0 Å². The van der Waals surface area contributed by atoms with Crippen LogP contribution in [0.15, 0.2) is 60.8 Å². The number of nitrogens with one attached hydrogen (secondary N) is 1. The summed E-state index contributed by atoms with van der Waals surface area (Å²) in [5, 5.41) is 8.03. The van der Waals surface area contributed by atoms with Gasteiger partial charge in [0, 0.05) is 29.8 Å². The topological polar surface area (TPSA) is 56.2 Å². The molecular weight excluding hydrogens is 410 g/mol. The normalized spacial score (nSPS) is 17.4. The molecule has 5 nitrogen and oxygen atoms in total. The van der Waals surface area contributed by atoms with Crippen molar-refractivity contribution in [3.05, 3.63) is 66.4 Å². The highest BCUT2D eigenvalue weighted by molar-refractivity contribution is 5.83. The molecule has 5 heteroatoms. The molecule has 1 fully saturated rings. The highest BCUT2D eigenvalue weighted by Crippen LogP contribution is 2.50. The summed E-state index contributed by atoms with van der Waals surface area (Å²) in [6.07, 6.45) is 4.00. The molecule has 2 aromatic carbocycles. The number of carbonyl (C=O) groups excluding carboxylic acids is 1. The monoisotopic (exact) mass is 445 g/mol. The molecule has 174 valence electrons. The van der Waals surface area contributed by atoms with E-state index in [1.807, 2.05) is 47.1 Å². The number of carbonyl (C=O) groups is 1. The number of hydrogen-bond donors (Lipinski definition) is 1. The Morgan fingerprint density at radius 2 is 1.79 bits per heavy atom. The molecule has 2 atom stereocenters. The van der Waals surface area contributed by atoms with E-state index in [1.165, 1.54) is 0 Å². The third kappa shape index (κ3) is 5.84. The van der Waals surface area contributed by atoms with E-state index in [1.54, 1.807) is 0 Å². The first-order valence-corrected chi connectivity index (χ1v) is 12.1. The molecule has 0 bridgehead atoms. The highest BCUT2D eigenvalue weighted by Gasteiger charge is 2.46. The van der Waals surface area contributed by atoms with Gasteiger partial charge < -0.3 is 10.1 Å². The van der Waals surface area contributed by atoms with Crippen molar-refractivity contribution < 1.29 is 9.53 Å². The van der Waals surface area contributed by atoms with Crippen LogP contribution in [0.5, 0.6) is 5.75 Å². The van der Waals surface area contributed by atoms with Crippen LogP contribution in [0.3, 0.4) is 0 Å². The molecule has 0 radical (unpaired) electrons. The van der Waals surface area contributed by atoms with Crippen molar-refractivity contribution in [2.75, 3.05) is 13.2 Å². The maximum Gasteiger partial charge on any atom is 0.223 e. The fourth-order valence-corrected chi connectivity index (χ4v) is 3.98. The molecule has 1 aromatic heterocycles. The van der Waals surface area contributed by atoms with Crippen LogP contribution in [0.25, 0.3) is 16.9 Å². The Bertz CT molecular complexity index is 1050. The Balaban J connectivity index is 1.57. The van der Waals surface area contributed by atoms with E-state index in [-0.39, 0.29) is 17.7 Å². The number of ether oxygens (including phenoxy) is 1. The molecule has 2 unspecified atom stereocenters. The molecule has 1 N–H and O–H groups in total. The van der Waals surface area contributed by atoms with E-state index < -0.39 is 0 Å². The van der Waals surface area contributed by atoms with Crippen LogP contribution in [-0.2, 0) is 4.79 Å². The smallest absolute Gasteiger partial charge is 0.223 e. The van der Waals surface area contributed by atoms with E-state index in [9.17, 15) is 4.79 Å². The molecule has 0 saturated heterocycles. The molecule has 3 aromatic rings. The fourth-order valence-electron chi connectivity index (χ4n) is 3.98. The van der Waals surface area contributed by atoms with Crippen molar-refractivity contribution in [1.82, 2.24) is 15.1 Å². The number of benzene rings is 2. The second-order valence-electron chi connectivity index (χ2n) is 9.86. The minimum atomic E-state index is 0.0227. The Morgan fingerprint density at radius 3 is 2.45 bits per heavy atom. The molecule has 4 rings (SSSR count). The zero-order valence-electron chi connectivity index (χ0n) is 20.1. The number of aromatic nitrogens is 2. The molecule has 0 spiro atoms. The van der Waals surface area contributed by atoms with E-state index in [4.69, 9.17) is 9.84 Å². The molecule has 0 aliphatic heterocycles. The minimum absolute atomic E-state index is 0.0227. The molecule has 1 heterocycles. The number of hydrogen-bond acceptors (Lipinski definition) is 3. The van der Waals surface area contributed by atoms with Gasteiger partial charge >= 0.3 is 0 Å². The summed E-state index contributed by atoms with van der Waals surface area (Å²) in [4.78, 5) is 12.7. The van der Waals surface area contributed by atoms with Crippen LogP contribution >= 0.6 is 0 Å². The Labute approximate surface area is 197 Å². The summed E-state index contributed by atoms with van der Waals surface area (Å²) in [5.74, 6) is 2.32. The van der Waals surface area contributed by atoms with Gasteiger partial charge in [-0.2, -0.15) is 5.10 Å². The number of amides is 1. The fraction of sp³-hybridized carbons (Fsp3) is 0.429. The Kier molecular flexibility index (Phi) is 7.17. The lowest BCUT2D eigenvalue weighted by Gasteiger charge is -2.09. The van der Waals surface area contributed by atoms with Crippen molar-refractivity contribution in [2.24, 2.45) is 17.8 Å². The highest BCUT2D eigenvalue weighted by atomic mass is 16.5. The first-order chi connectivity index (χ1) is 15.9. The standard InChI is InChI=1S/C28H35N3O2/c1-19(2)14-15-33-23-12-10-21(11-13-23)27-26(18-31(30-27)22-8-6-5-7-9-22)24-16-25(24)28(32)29-17-20(3)4/h5-13,18-20,24-25H,14-17H2,1-4H3,(H,29,32). The molecule has 1 saturated carbocycles. The summed E-state index contributed by atoms with van der Waals surface area (Å²) < 4.78 is 7.82. The first-order valence-electron chi connectivity index (χ1n) is 12.1. The average Bonchev–Trinajstić information content (AvgIpc) is 3.49. The van der Waals surface area contributed by atoms with Gasteiger partial charge in [0.1, 0.15) is 5.75 Å². The van der Waals surface area contributed by atoms with Gasteiger partial charge in [-0.15, -0.1) is 0 Å². The lowest BCUT2D eigenvalue weighted by Crippen LogP contribution is -2.29. The summed E-state index contributed by atoms with van der Waals surface area (Å²) >= 11 is 0. The maximum absolute atomic E-state index is 12.7. The predicted octanol–water partition coefficient (Wildman–Crippen LogP) is 5.84. The van der Waals surface area contributed by atoms with Crippen LogP contribution in [-0.4, -0.2) is 28.8 Å². The van der Waals surface area contributed by atoms with E-state index in [0.29, 0.717) is 11.8 Å². The maximum atomic E-state index is 12.7. The van der Waals surface area contributed by atoms with Gasteiger partial charge in [0.2, 0.25) is 5.91 Å². The zero-order valence-corrected chi connectivity index (χ0v) is 20.1. The van der Waals surface area contributed by atoms with Gasteiger partial charge in [-0.05, 0) is 67.0 Å². The zero-order chi connectivity index (χ0) is 23.4. The third-order valence-electron chi connectivity index (χ3n) is 6.07. The molecule has 33 heavy (non-hydrogen) atoms. The lowest BCUT2D eigenvalue weighted by atomic mass is 10.0. The summed E-state index contributed by atoms with van der Waals surface area (Å²) in [6, 6.07) is 18.3. The van der Waals surface area contributed by atoms with Crippen LogP contribution < -0.4 is 10.1 Å². The van der Waals surface area contributed by atoms with Gasteiger partial charge in [0.05, 0.1) is 18.0 Å². The van der Waals surface area contributed by atoms with Gasteiger partial charge in [-0.3, -0.25) is 4.79 Å². The van der Waals surface area contributed by atoms with Gasteiger partial charge in [0.25, 0.3) is 0 Å². The predicted molar refractivity (Wildman–Crippen MR) is 133 cm³/mol. The minimum Gasteiger partial charge on any atom is -0.494 e. The van der Waals surface area contributed by atoms with Crippen molar-refractivity contribution in [1.29, 1.82) is 0 Å². The summed E-state index contributed by atoms with van der Waals surface area (Å²) in [5.41, 5.74) is 4.14. The van der Waals surface area contributed by atoms with Crippen molar-refractivity contribution in [2.45, 2.75) is 46.5 Å². The van der Waals surface area contributed by atoms with E-state index in [2.05, 4.69) is 51.3 Å². The van der Waals surface area contributed by atoms with E-state index in [0.717, 1.165) is 54.3 Å². The third-order valence-corrected chi connectivity index (χ3v) is 6.07. The lowest BCUT2D eigenvalue weighted by molar-refractivity contribution is -0.122. The largest absolute Gasteiger partial charge is 0.494 e. The van der Waals surface area contributed by atoms with Crippen molar-refractivity contribution in [3.63, 3.8) is 0 Å². The second-order valence-corrected chi connectivity index (χ2v) is 9.86. The van der Waals surface area contributed by atoms with E-state index >= 15 is 0 Å². The molecular formula is C28H35N3O2.